The van der Waals surface area contributed by atoms with Gasteiger partial charge in [0.2, 0.25) is 5.91 Å². The van der Waals surface area contributed by atoms with Gasteiger partial charge in [0.15, 0.2) is 0 Å². The second kappa shape index (κ2) is 7.22. The molecule has 1 heterocycles. The van der Waals surface area contributed by atoms with Crippen LogP contribution in [0, 0.1) is 5.92 Å². The molecule has 2 rings (SSSR count). The molecule has 1 aromatic rings. The number of hydrogen-bond donors (Lipinski definition) is 2. The number of aromatic nitrogens is 2. The third-order valence-corrected chi connectivity index (χ3v) is 5.01. The highest BCUT2D eigenvalue weighted by Gasteiger charge is 2.47. The molecule has 0 aromatic carbocycles. The number of hydrogen-bond acceptors (Lipinski definition) is 5. The van der Waals surface area contributed by atoms with Gasteiger partial charge >= 0.3 is 0 Å². The Bertz CT molecular complexity index is 468. The molecule has 1 amide bonds. The summed E-state index contributed by atoms with van der Waals surface area (Å²) in [5.74, 6) is 1.03. The zero-order chi connectivity index (χ0) is 15.3. The maximum Gasteiger partial charge on any atom is 0.238 e. The molecule has 2 unspecified atom stereocenters. The van der Waals surface area contributed by atoms with Crippen molar-refractivity contribution >= 4 is 17.7 Å². The highest BCUT2D eigenvalue weighted by Crippen LogP contribution is 2.39. The quantitative estimate of drug-likeness (QED) is 0.753. The van der Waals surface area contributed by atoms with Crippen molar-refractivity contribution in [1.82, 2.24) is 15.3 Å². The van der Waals surface area contributed by atoms with Crippen LogP contribution >= 0.6 is 11.8 Å². The van der Waals surface area contributed by atoms with E-state index in [1.165, 1.54) is 0 Å². The van der Waals surface area contributed by atoms with Crippen molar-refractivity contribution in [2.24, 2.45) is 11.7 Å². The van der Waals surface area contributed by atoms with E-state index in [-0.39, 0.29) is 11.9 Å². The lowest BCUT2D eigenvalue weighted by atomic mass is 9.83. The predicted octanol–water partition coefficient (Wildman–Crippen LogP) is 1.98. The number of rotatable bonds is 7. The van der Waals surface area contributed by atoms with E-state index in [9.17, 15) is 4.79 Å². The number of primary amides is 1. The Hall–Kier alpha value is -1.14. The molecule has 0 aliphatic heterocycles. The lowest BCUT2D eigenvalue weighted by Gasteiger charge is -2.35. The molecule has 0 saturated heterocycles. The average molecular weight is 308 g/mol. The zero-order valence-electron chi connectivity index (χ0n) is 12.7. The Balaban J connectivity index is 1.95. The molecule has 1 aliphatic carbocycles. The van der Waals surface area contributed by atoms with Gasteiger partial charge in [-0.3, -0.25) is 9.78 Å². The molecule has 21 heavy (non-hydrogen) atoms. The molecule has 5 nitrogen and oxygen atoms in total. The summed E-state index contributed by atoms with van der Waals surface area (Å²) < 4.78 is 0. The van der Waals surface area contributed by atoms with E-state index in [1.54, 1.807) is 30.4 Å². The van der Waals surface area contributed by atoms with Crippen LogP contribution in [0.5, 0.6) is 0 Å². The molecule has 2 atom stereocenters. The number of carbonyl (C=O) groups excluding carboxylic acids is 1. The molecular formula is C15H24N4OS. The molecule has 0 spiro atoms. The minimum absolute atomic E-state index is 0.205. The van der Waals surface area contributed by atoms with Crippen molar-refractivity contribution in [3.8, 4) is 0 Å². The number of carbonyl (C=O) groups is 1. The smallest absolute Gasteiger partial charge is 0.238 e. The fraction of sp³-hybridized carbons (Fsp3) is 0.667. The Labute approximate surface area is 130 Å². The van der Waals surface area contributed by atoms with Crippen LogP contribution in [0.3, 0.4) is 0 Å². The minimum atomic E-state index is -0.531. The summed E-state index contributed by atoms with van der Waals surface area (Å²) >= 11 is 1.69. The summed E-state index contributed by atoms with van der Waals surface area (Å²) in [5, 5.41) is 4.37. The van der Waals surface area contributed by atoms with Crippen molar-refractivity contribution in [1.29, 1.82) is 0 Å². The van der Waals surface area contributed by atoms with Crippen molar-refractivity contribution in [3.63, 3.8) is 0 Å². The maximum absolute atomic E-state index is 12.0. The molecule has 1 aromatic heterocycles. The van der Waals surface area contributed by atoms with Gasteiger partial charge < -0.3 is 11.1 Å². The van der Waals surface area contributed by atoms with E-state index >= 15 is 0 Å². The summed E-state index contributed by atoms with van der Waals surface area (Å²) in [6.45, 7) is 4.13. The van der Waals surface area contributed by atoms with Gasteiger partial charge in [-0.15, -0.1) is 11.8 Å². The standard InChI is InChI=1S/C15H24N4OS/c1-11(2)19-15(14(16)20)6-3-4-12(15)5-9-21-13-10-17-7-8-18-13/h7-8,10-12,19H,3-6,9H2,1-2H3,(H2,16,20). The highest BCUT2D eigenvalue weighted by atomic mass is 32.2. The van der Waals surface area contributed by atoms with E-state index in [0.717, 1.165) is 36.5 Å². The SMILES string of the molecule is CC(C)NC1(C(N)=O)CCCC1CCSc1cnccn1. The minimum Gasteiger partial charge on any atom is -0.368 e. The van der Waals surface area contributed by atoms with Crippen LogP contribution in [0.2, 0.25) is 0 Å². The first-order valence-corrected chi connectivity index (χ1v) is 8.49. The van der Waals surface area contributed by atoms with Crippen molar-refractivity contribution in [2.45, 2.75) is 56.1 Å². The van der Waals surface area contributed by atoms with Gasteiger partial charge in [-0.25, -0.2) is 4.98 Å². The third kappa shape index (κ3) is 3.95. The Kier molecular flexibility index (Phi) is 5.58. The second-order valence-electron chi connectivity index (χ2n) is 5.90. The van der Waals surface area contributed by atoms with E-state index in [1.807, 2.05) is 0 Å². The lowest BCUT2D eigenvalue weighted by molar-refractivity contribution is -0.126. The topological polar surface area (TPSA) is 80.9 Å². The summed E-state index contributed by atoms with van der Waals surface area (Å²) in [4.78, 5) is 20.4. The van der Waals surface area contributed by atoms with Crippen LogP contribution in [0.25, 0.3) is 0 Å². The summed E-state index contributed by atoms with van der Waals surface area (Å²) in [6.07, 6.45) is 9.07. The molecule has 116 valence electrons. The fourth-order valence-corrected chi connectivity index (χ4v) is 4.12. The average Bonchev–Trinajstić information content (AvgIpc) is 2.83. The van der Waals surface area contributed by atoms with E-state index in [2.05, 4.69) is 29.1 Å². The number of amides is 1. The maximum atomic E-state index is 12.0. The van der Waals surface area contributed by atoms with Crippen LogP contribution in [0.15, 0.2) is 23.6 Å². The highest BCUT2D eigenvalue weighted by molar-refractivity contribution is 7.99. The summed E-state index contributed by atoms with van der Waals surface area (Å²) in [7, 11) is 0. The van der Waals surface area contributed by atoms with Crippen LogP contribution in [0.1, 0.15) is 39.5 Å². The first kappa shape index (κ1) is 16.2. The van der Waals surface area contributed by atoms with Gasteiger partial charge in [0.25, 0.3) is 0 Å². The lowest BCUT2D eigenvalue weighted by Crippen LogP contribution is -2.60. The van der Waals surface area contributed by atoms with E-state index in [0.29, 0.717) is 5.92 Å². The predicted molar refractivity (Wildman–Crippen MR) is 84.9 cm³/mol. The Morgan fingerprint density at radius 2 is 2.38 bits per heavy atom. The fourth-order valence-electron chi connectivity index (χ4n) is 3.23. The van der Waals surface area contributed by atoms with Gasteiger partial charge in [-0.05, 0) is 44.8 Å². The van der Waals surface area contributed by atoms with Crippen LogP contribution in [0.4, 0.5) is 0 Å². The number of nitrogens with zero attached hydrogens (tertiary/aromatic N) is 2. The molecule has 1 saturated carbocycles. The third-order valence-electron chi connectivity index (χ3n) is 4.06. The summed E-state index contributed by atoms with van der Waals surface area (Å²) in [6, 6.07) is 0.255. The Morgan fingerprint density at radius 1 is 1.57 bits per heavy atom. The van der Waals surface area contributed by atoms with Gasteiger partial charge in [0.05, 0.1) is 6.20 Å². The number of nitrogens with two attached hydrogens (primary N) is 1. The van der Waals surface area contributed by atoms with Gasteiger partial charge in [0.1, 0.15) is 10.6 Å². The molecule has 0 bridgehead atoms. The normalized spacial score (nSPS) is 25.4. The number of nitrogens with one attached hydrogen (secondary N) is 1. The molecule has 6 heteroatoms. The first-order chi connectivity index (χ1) is 10.0. The first-order valence-electron chi connectivity index (χ1n) is 7.51. The van der Waals surface area contributed by atoms with Crippen LogP contribution < -0.4 is 11.1 Å². The molecular weight excluding hydrogens is 284 g/mol. The van der Waals surface area contributed by atoms with Crippen LogP contribution in [-0.4, -0.2) is 33.2 Å². The van der Waals surface area contributed by atoms with E-state index < -0.39 is 5.54 Å². The van der Waals surface area contributed by atoms with Crippen molar-refractivity contribution < 1.29 is 4.79 Å². The molecule has 0 radical (unpaired) electrons. The van der Waals surface area contributed by atoms with Gasteiger partial charge in [-0.1, -0.05) is 6.42 Å². The van der Waals surface area contributed by atoms with Gasteiger partial charge in [0, 0.05) is 18.4 Å². The zero-order valence-corrected chi connectivity index (χ0v) is 13.5. The molecule has 1 aliphatic rings. The second-order valence-corrected chi connectivity index (χ2v) is 7.02. The number of thioether (sulfide) groups is 1. The molecule has 1 fully saturated rings. The largest absolute Gasteiger partial charge is 0.368 e. The van der Waals surface area contributed by atoms with E-state index in [4.69, 9.17) is 5.73 Å². The van der Waals surface area contributed by atoms with Crippen molar-refractivity contribution in [2.75, 3.05) is 5.75 Å². The summed E-state index contributed by atoms with van der Waals surface area (Å²) in [5.41, 5.74) is 5.19. The van der Waals surface area contributed by atoms with Gasteiger partial charge in [-0.2, -0.15) is 0 Å². The Morgan fingerprint density at radius 3 is 3.00 bits per heavy atom. The van der Waals surface area contributed by atoms with Crippen LogP contribution in [-0.2, 0) is 4.79 Å². The molecule has 3 N–H and O–H groups in total. The monoisotopic (exact) mass is 308 g/mol. The van der Waals surface area contributed by atoms with Crippen molar-refractivity contribution in [3.05, 3.63) is 18.6 Å².